The van der Waals surface area contributed by atoms with Crippen LogP contribution in [0.15, 0.2) is 54.6 Å². The van der Waals surface area contributed by atoms with Crippen molar-refractivity contribution < 1.29 is 19.1 Å². The Kier molecular flexibility index (Phi) is 6.60. The Bertz CT molecular complexity index is 862. The lowest BCUT2D eigenvalue weighted by atomic mass is 9.72. The Morgan fingerprint density at radius 3 is 2.45 bits per heavy atom. The smallest absolute Gasteiger partial charge is 0.339 e. The first-order chi connectivity index (χ1) is 13.6. The molecule has 6 heteroatoms. The second kappa shape index (κ2) is 8.97. The summed E-state index contributed by atoms with van der Waals surface area (Å²) in [6.07, 6.45) is 1.23. The lowest BCUT2D eigenvalue weighted by Crippen LogP contribution is -2.55. The van der Waals surface area contributed by atoms with E-state index in [1.165, 1.54) is 5.56 Å². The molecule has 4 rings (SSSR count). The summed E-state index contributed by atoms with van der Waals surface area (Å²) >= 11 is 0. The van der Waals surface area contributed by atoms with Gasteiger partial charge < -0.3 is 9.47 Å². The molecule has 1 unspecified atom stereocenters. The van der Waals surface area contributed by atoms with Gasteiger partial charge in [0.05, 0.1) is 12.2 Å². The monoisotopic (exact) mass is 415 g/mol. The van der Waals surface area contributed by atoms with Gasteiger partial charge in [0.25, 0.3) is 0 Å². The Labute approximate surface area is 177 Å². The van der Waals surface area contributed by atoms with E-state index in [1.54, 1.807) is 19.1 Å². The number of fused-ring (bicyclic) bond motifs is 1. The van der Waals surface area contributed by atoms with Crippen molar-refractivity contribution in [1.82, 2.24) is 4.90 Å². The zero-order valence-corrected chi connectivity index (χ0v) is 17.3. The summed E-state index contributed by atoms with van der Waals surface area (Å²) in [7, 11) is 0. The number of likely N-dealkylation sites (tertiary alicyclic amines) is 1. The van der Waals surface area contributed by atoms with Gasteiger partial charge in [0.15, 0.2) is 0 Å². The molecule has 1 fully saturated rings. The molecule has 2 aliphatic heterocycles. The van der Waals surface area contributed by atoms with Gasteiger partial charge in [-0.1, -0.05) is 48.5 Å². The molecule has 0 aliphatic carbocycles. The first-order valence-corrected chi connectivity index (χ1v) is 9.88. The van der Waals surface area contributed by atoms with Gasteiger partial charge in [-0.2, -0.15) is 0 Å². The zero-order valence-electron chi connectivity index (χ0n) is 16.5. The van der Waals surface area contributed by atoms with Gasteiger partial charge in [-0.05, 0) is 24.1 Å². The molecular formula is C23H26ClNO4. The largest absolute Gasteiger partial charge is 0.465 e. The number of hydrogen-bond donors (Lipinski definition) is 0. The molecule has 29 heavy (non-hydrogen) atoms. The Morgan fingerprint density at radius 1 is 1.10 bits per heavy atom. The second-order valence-electron chi connectivity index (χ2n) is 7.49. The van der Waals surface area contributed by atoms with Crippen molar-refractivity contribution in [3.63, 3.8) is 0 Å². The minimum atomic E-state index is -0.828. The summed E-state index contributed by atoms with van der Waals surface area (Å²) in [5.41, 5.74) is 1.63. The van der Waals surface area contributed by atoms with Crippen LogP contribution in [0.25, 0.3) is 0 Å². The Hall–Kier alpha value is -2.37. The summed E-state index contributed by atoms with van der Waals surface area (Å²) < 4.78 is 11.3. The van der Waals surface area contributed by atoms with Crippen LogP contribution in [0.4, 0.5) is 0 Å². The maximum atomic E-state index is 12.9. The van der Waals surface area contributed by atoms with E-state index >= 15 is 0 Å². The molecule has 2 aromatic rings. The van der Waals surface area contributed by atoms with Crippen LogP contribution in [-0.4, -0.2) is 42.1 Å². The summed E-state index contributed by atoms with van der Waals surface area (Å²) in [5, 5.41) is 0. The molecule has 154 valence electrons. The van der Waals surface area contributed by atoms with E-state index < -0.39 is 11.5 Å². The molecule has 0 amide bonds. The zero-order chi connectivity index (χ0) is 19.6. The fourth-order valence-electron chi connectivity index (χ4n) is 4.41. The fraction of sp³-hybridized carbons (Fsp3) is 0.391. The summed E-state index contributed by atoms with van der Waals surface area (Å²) in [6, 6.07) is 17.6. The van der Waals surface area contributed by atoms with E-state index in [-0.39, 0.29) is 24.3 Å². The van der Waals surface area contributed by atoms with Crippen molar-refractivity contribution >= 4 is 24.3 Å². The molecule has 0 N–H and O–H groups in total. The van der Waals surface area contributed by atoms with Crippen molar-refractivity contribution in [2.24, 2.45) is 0 Å². The Morgan fingerprint density at radius 2 is 1.76 bits per heavy atom. The highest BCUT2D eigenvalue weighted by Gasteiger charge is 2.53. The van der Waals surface area contributed by atoms with Gasteiger partial charge in [0.2, 0.25) is 0 Å². The molecule has 0 aromatic heterocycles. The third-order valence-corrected chi connectivity index (χ3v) is 5.79. The molecular weight excluding hydrogens is 390 g/mol. The van der Waals surface area contributed by atoms with Gasteiger partial charge in [-0.25, -0.2) is 4.79 Å². The second-order valence-corrected chi connectivity index (χ2v) is 7.49. The number of carbonyl (C=O) groups is 2. The summed E-state index contributed by atoms with van der Waals surface area (Å²) in [4.78, 5) is 27.9. The molecule has 0 radical (unpaired) electrons. The van der Waals surface area contributed by atoms with Gasteiger partial charge in [0.1, 0.15) is 11.5 Å². The minimum absolute atomic E-state index is 0. The van der Waals surface area contributed by atoms with E-state index in [9.17, 15) is 9.59 Å². The van der Waals surface area contributed by atoms with E-state index in [4.69, 9.17) is 9.47 Å². The quantitative estimate of drug-likeness (QED) is 0.707. The van der Waals surface area contributed by atoms with Crippen LogP contribution in [0.5, 0.6) is 0 Å². The maximum absolute atomic E-state index is 12.9. The third-order valence-electron chi connectivity index (χ3n) is 5.79. The highest BCUT2D eigenvalue weighted by Crippen LogP contribution is 2.46. The summed E-state index contributed by atoms with van der Waals surface area (Å²) in [6.45, 7) is 4.49. The molecule has 1 atom stereocenters. The molecule has 1 spiro atoms. The van der Waals surface area contributed by atoms with Crippen molar-refractivity contribution in [3.8, 4) is 0 Å². The van der Waals surface area contributed by atoms with Crippen LogP contribution in [0.1, 0.15) is 47.2 Å². The number of carbonyl (C=O) groups excluding carboxylic acids is 2. The number of nitrogens with zero attached hydrogens (tertiary/aromatic N) is 1. The molecule has 0 saturated carbocycles. The minimum Gasteiger partial charge on any atom is -0.465 e. The van der Waals surface area contributed by atoms with Gasteiger partial charge >= 0.3 is 11.9 Å². The molecule has 1 saturated heterocycles. The van der Waals surface area contributed by atoms with E-state index in [0.717, 1.165) is 25.2 Å². The topological polar surface area (TPSA) is 55.8 Å². The lowest BCUT2D eigenvalue weighted by Gasteiger charge is -2.47. The van der Waals surface area contributed by atoms with E-state index in [1.807, 2.05) is 30.3 Å². The number of rotatable bonds is 4. The number of ether oxygens (including phenoxy) is 2. The van der Waals surface area contributed by atoms with Gasteiger partial charge in [-0.3, -0.25) is 9.69 Å². The lowest BCUT2D eigenvalue weighted by molar-refractivity contribution is -0.156. The van der Waals surface area contributed by atoms with Gasteiger partial charge in [0, 0.05) is 32.5 Å². The van der Waals surface area contributed by atoms with Crippen LogP contribution >= 0.6 is 12.4 Å². The molecule has 2 aliphatic rings. The molecule has 5 nitrogen and oxygen atoms in total. The molecule has 2 heterocycles. The maximum Gasteiger partial charge on any atom is 0.339 e. The number of esters is 2. The van der Waals surface area contributed by atoms with E-state index in [2.05, 4.69) is 17.0 Å². The van der Waals surface area contributed by atoms with Crippen molar-refractivity contribution in [3.05, 3.63) is 71.3 Å². The van der Waals surface area contributed by atoms with Crippen molar-refractivity contribution in [2.45, 2.75) is 37.8 Å². The Balaban J connectivity index is 0.00000240. The van der Waals surface area contributed by atoms with Crippen LogP contribution in [0.3, 0.4) is 0 Å². The van der Waals surface area contributed by atoms with Crippen LogP contribution in [-0.2, 0) is 20.8 Å². The normalized spacial score (nSPS) is 20.3. The highest BCUT2D eigenvalue weighted by atomic mass is 35.5. The fourth-order valence-corrected chi connectivity index (χ4v) is 4.41. The predicted molar refractivity (Wildman–Crippen MR) is 112 cm³/mol. The van der Waals surface area contributed by atoms with Crippen molar-refractivity contribution in [2.75, 3.05) is 19.7 Å². The predicted octanol–water partition coefficient (Wildman–Crippen LogP) is 3.96. The number of halogens is 1. The number of piperidine rings is 1. The molecule has 2 aromatic carbocycles. The number of hydrogen-bond acceptors (Lipinski definition) is 5. The SMILES string of the molecule is CCOC(=O)C1c2ccccc2C(=O)OC12CCN(Cc1ccccc1)CC2.Cl. The first-order valence-electron chi connectivity index (χ1n) is 9.88. The third kappa shape index (κ3) is 4.16. The average Bonchev–Trinajstić information content (AvgIpc) is 2.71. The van der Waals surface area contributed by atoms with Crippen molar-refractivity contribution in [1.29, 1.82) is 0 Å². The standard InChI is InChI=1S/C23H25NO4.ClH/c1-2-27-22(26)20-18-10-6-7-11-19(18)21(25)28-23(20)12-14-24(15-13-23)16-17-8-4-3-5-9-17;/h3-11,20H,2,12-16H2,1H3;1H. The van der Waals surface area contributed by atoms with Crippen LogP contribution in [0, 0.1) is 0 Å². The van der Waals surface area contributed by atoms with Crippen LogP contribution < -0.4 is 0 Å². The first kappa shape index (κ1) is 21.3. The highest BCUT2D eigenvalue weighted by molar-refractivity contribution is 5.97. The summed E-state index contributed by atoms with van der Waals surface area (Å²) in [5.74, 6) is -1.22. The average molecular weight is 416 g/mol. The van der Waals surface area contributed by atoms with E-state index in [0.29, 0.717) is 25.0 Å². The van der Waals surface area contributed by atoms with Gasteiger partial charge in [-0.15, -0.1) is 12.4 Å². The van der Waals surface area contributed by atoms with Crippen LogP contribution in [0.2, 0.25) is 0 Å². The molecule has 0 bridgehead atoms. The number of benzene rings is 2.